The van der Waals surface area contributed by atoms with E-state index in [4.69, 9.17) is 11.0 Å². The Kier molecular flexibility index (Phi) is 2.53. The average molecular weight is 276 g/mol. The molecule has 0 bridgehead atoms. The highest BCUT2D eigenvalue weighted by Gasteiger charge is 2.03. The summed E-state index contributed by atoms with van der Waals surface area (Å²) < 4.78 is 1.58. The Morgan fingerprint density at radius 1 is 1.36 bits per heavy atom. The molecule has 0 aliphatic heterocycles. The van der Waals surface area contributed by atoms with Gasteiger partial charge in [-0.3, -0.25) is 0 Å². The van der Waals surface area contributed by atoms with Gasteiger partial charge in [-0.15, -0.1) is 0 Å². The van der Waals surface area contributed by atoms with E-state index in [2.05, 4.69) is 31.9 Å². The van der Waals surface area contributed by atoms with E-state index < -0.39 is 0 Å². The van der Waals surface area contributed by atoms with E-state index in [1.165, 1.54) is 0 Å². The molecule has 0 fully saturated rings. The third-order valence-corrected chi connectivity index (χ3v) is 2.28. The maximum absolute atomic E-state index is 8.61. The lowest BCUT2D eigenvalue weighted by Crippen LogP contribution is -1.90. The van der Waals surface area contributed by atoms with Crippen LogP contribution in [0.2, 0.25) is 0 Å². The SMILES string of the molecule is N#Cc1c(N)cc(Br)cc1Br. The standard InChI is InChI=1S/C7H4Br2N2/c8-4-1-6(9)5(3-10)7(11)2-4/h1-2H,11H2. The zero-order valence-corrected chi connectivity index (χ0v) is 8.61. The molecule has 0 radical (unpaired) electrons. The Hall–Kier alpha value is -0.530. The Morgan fingerprint density at radius 3 is 2.45 bits per heavy atom. The topological polar surface area (TPSA) is 49.8 Å². The van der Waals surface area contributed by atoms with Crippen molar-refractivity contribution >= 4 is 37.5 Å². The van der Waals surface area contributed by atoms with Crippen LogP contribution in [0.3, 0.4) is 0 Å². The van der Waals surface area contributed by atoms with Crippen LogP contribution in [0.4, 0.5) is 5.69 Å². The van der Waals surface area contributed by atoms with Crippen molar-refractivity contribution < 1.29 is 0 Å². The zero-order valence-electron chi connectivity index (χ0n) is 5.44. The Morgan fingerprint density at radius 2 is 2.00 bits per heavy atom. The Bertz CT molecular complexity index is 305. The fourth-order valence-electron chi connectivity index (χ4n) is 0.711. The summed E-state index contributed by atoms with van der Waals surface area (Å²) in [6.07, 6.45) is 0. The molecule has 56 valence electrons. The second kappa shape index (κ2) is 3.24. The van der Waals surface area contributed by atoms with Gasteiger partial charge in [0.2, 0.25) is 0 Å². The molecule has 2 nitrogen and oxygen atoms in total. The molecule has 0 aliphatic rings. The minimum Gasteiger partial charge on any atom is -0.398 e. The van der Waals surface area contributed by atoms with Gasteiger partial charge in [-0.1, -0.05) is 15.9 Å². The van der Waals surface area contributed by atoms with Crippen LogP contribution < -0.4 is 5.73 Å². The minimum atomic E-state index is 0.480. The number of rotatable bonds is 0. The summed E-state index contributed by atoms with van der Waals surface area (Å²) in [7, 11) is 0. The lowest BCUT2D eigenvalue weighted by molar-refractivity contribution is 1.46. The molecule has 0 saturated carbocycles. The van der Waals surface area contributed by atoms with E-state index in [1.54, 1.807) is 12.1 Å². The molecule has 0 amide bonds. The monoisotopic (exact) mass is 274 g/mol. The van der Waals surface area contributed by atoms with Crippen LogP contribution in [0.5, 0.6) is 0 Å². The second-order valence-corrected chi connectivity index (χ2v) is 3.73. The number of nitrogens with zero attached hydrogens (tertiary/aromatic N) is 1. The Labute approximate surface area is 81.3 Å². The summed E-state index contributed by atoms with van der Waals surface area (Å²) in [6, 6.07) is 5.48. The van der Waals surface area contributed by atoms with Crippen LogP contribution in [0.25, 0.3) is 0 Å². The fourth-order valence-corrected chi connectivity index (χ4v) is 2.06. The first kappa shape index (κ1) is 8.57. The Balaban J connectivity index is 3.40. The molecule has 0 heterocycles. The van der Waals surface area contributed by atoms with Crippen molar-refractivity contribution in [1.29, 1.82) is 5.26 Å². The second-order valence-electron chi connectivity index (χ2n) is 1.96. The van der Waals surface area contributed by atoms with E-state index >= 15 is 0 Å². The number of halogens is 2. The van der Waals surface area contributed by atoms with Crippen molar-refractivity contribution in [2.75, 3.05) is 5.73 Å². The van der Waals surface area contributed by atoms with Gasteiger partial charge in [0, 0.05) is 8.95 Å². The van der Waals surface area contributed by atoms with Crippen molar-refractivity contribution in [1.82, 2.24) is 0 Å². The van der Waals surface area contributed by atoms with E-state index in [9.17, 15) is 0 Å². The summed E-state index contributed by atoms with van der Waals surface area (Å²) in [5, 5.41) is 8.61. The quantitative estimate of drug-likeness (QED) is 0.740. The van der Waals surface area contributed by atoms with Gasteiger partial charge in [0.1, 0.15) is 6.07 Å². The van der Waals surface area contributed by atoms with Gasteiger partial charge in [0.25, 0.3) is 0 Å². The van der Waals surface area contributed by atoms with Crippen LogP contribution >= 0.6 is 31.9 Å². The molecule has 0 aromatic heterocycles. The van der Waals surface area contributed by atoms with Gasteiger partial charge >= 0.3 is 0 Å². The average Bonchev–Trinajstić information content (AvgIpc) is 1.85. The predicted octanol–water partition coefficient (Wildman–Crippen LogP) is 2.67. The van der Waals surface area contributed by atoms with Gasteiger partial charge in [0.05, 0.1) is 11.3 Å². The molecule has 0 unspecified atom stereocenters. The highest BCUT2D eigenvalue weighted by Crippen LogP contribution is 2.26. The highest BCUT2D eigenvalue weighted by molar-refractivity contribution is 9.11. The lowest BCUT2D eigenvalue weighted by Gasteiger charge is -1.99. The van der Waals surface area contributed by atoms with Crippen LogP contribution in [0.1, 0.15) is 5.56 Å². The highest BCUT2D eigenvalue weighted by atomic mass is 79.9. The van der Waals surface area contributed by atoms with Crippen molar-refractivity contribution in [2.45, 2.75) is 0 Å². The number of benzene rings is 1. The number of anilines is 1. The predicted molar refractivity (Wildman–Crippen MR) is 51.0 cm³/mol. The normalized spacial score (nSPS) is 9.18. The summed E-state index contributed by atoms with van der Waals surface area (Å²) in [5.74, 6) is 0. The molecular formula is C7H4Br2N2. The molecule has 0 atom stereocenters. The molecule has 1 aromatic carbocycles. The van der Waals surface area contributed by atoms with Gasteiger partial charge in [0.15, 0.2) is 0 Å². The van der Waals surface area contributed by atoms with Crippen LogP contribution in [0, 0.1) is 11.3 Å². The first-order valence-corrected chi connectivity index (χ1v) is 4.38. The molecule has 0 spiro atoms. The maximum atomic E-state index is 8.61. The molecule has 0 saturated heterocycles. The van der Waals surface area contributed by atoms with Crippen LogP contribution in [0.15, 0.2) is 21.1 Å². The number of hydrogen-bond acceptors (Lipinski definition) is 2. The summed E-state index contributed by atoms with van der Waals surface area (Å²) in [5.41, 5.74) is 6.51. The van der Waals surface area contributed by atoms with Crippen molar-refractivity contribution in [3.63, 3.8) is 0 Å². The first-order valence-electron chi connectivity index (χ1n) is 2.79. The van der Waals surface area contributed by atoms with Crippen molar-refractivity contribution in [3.05, 3.63) is 26.6 Å². The van der Waals surface area contributed by atoms with Gasteiger partial charge in [-0.25, -0.2) is 0 Å². The number of nitrogen functional groups attached to an aromatic ring is 1. The molecule has 1 rings (SSSR count). The third-order valence-electron chi connectivity index (χ3n) is 1.20. The summed E-state index contributed by atoms with van der Waals surface area (Å²) >= 11 is 6.48. The fraction of sp³-hybridized carbons (Fsp3) is 0. The zero-order chi connectivity index (χ0) is 8.43. The van der Waals surface area contributed by atoms with Gasteiger partial charge in [-0.05, 0) is 28.1 Å². The third kappa shape index (κ3) is 1.73. The first-order chi connectivity index (χ1) is 5.15. The smallest absolute Gasteiger partial charge is 0.102 e. The molecule has 2 N–H and O–H groups in total. The molecule has 1 aromatic rings. The lowest BCUT2D eigenvalue weighted by atomic mass is 10.2. The van der Waals surface area contributed by atoms with E-state index in [0.717, 1.165) is 4.47 Å². The molecule has 0 aliphatic carbocycles. The molecular weight excluding hydrogens is 272 g/mol. The maximum Gasteiger partial charge on any atom is 0.102 e. The van der Waals surface area contributed by atoms with Gasteiger partial charge in [-0.2, -0.15) is 5.26 Å². The van der Waals surface area contributed by atoms with Crippen LogP contribution in [-0.4, -0.2) is 0 Å². The number of hydrogen-bond donors (Lipinski definition) is 1. The van der Waals surface area contributed by atoms with Crippen molar-refractivity contribution in [3.8, 4) is 6.07 Å². The number of nitriles is 1. The van der Waals surface area contributed by atoms with Crippen molar-refractivity contribution in [2.24, 2.45) is 0 Å². The summed E-state index contributed by atoms with van der Waals surface area (Å²) in [4.78, 5) is 0. The molecule has 4 heteroatoms. The van der Waals surface area contributed by atoms with E-state index in [-0.39, 0.29) is 0 Å². The van der Waals surface area contributed by atoms with Gasteiger partial charge < -0.3 is 5.73 Å². The van der Waals surface area contributed by atoms with Crippen LogP contribution in [-0.2, 0) is 0 Å². The van der Waals surface area contributed by atoms with E-state index in [0.29, 0.717) is 15.7 Å². The summed E-state index contributed by atoms with van der Waals surface area (Å²) in [6.45, 7) is 0. The minimum absolute atomic E-state index is 0.480. The number of nitrogens with two attached hydrogens (primary N) is 1. The largest absolute Gasteiger partial charge is 0.398 e. The molecule has 11 heavy (non-hydrogen) atoms. The van der Waals surface area contributed by atoms with E-state index in [1.807, 2.05) is 6.07 Å².